The molecule has 1 unspecified atom stereocenters. The fourth-order valence-corrected chi connectivity index (χ4v) is 5.53. The number of nitro groups is 1. The van der Waals surface area contributed by atoms with Gasteiger partial charge in [0.1, 0.15) is 6.61 Å². The molecular formula is C30H33N3O8S. The molecule has 1 aliphatic heterocycles. The summed E-state index contributed by atoms with van der Waals surface area (Å²) in [4.78, 5) is 43.3. The second-order valence-electron chi connectivity index (χ2n) is 9.97. The lowest BCUT2D eigenvalue weighted by Crippen LogP contribution is -2.40. The molecule has 1 aromatic heterocycles. The molecule has 0 saturated carbocycles. The van der Waals surface area contributed by atoms with Crippen LogP contribution in [0.5, 0.6) is 11.5 Å². The van der Waals surface area contributed by atoms with Crippen molar-refractivity contribution in [3.05, 3.63) is 94.7 Å². The number of carbonyl (C=O) groups is 1. The number of carbonyl (C=O) groups excluding carboxylic acids is 1. The molecule has 0 bridgehead atoms. The number of hydrogen-bond acceptors (Lipinski definition) is 10. The lowest BCUT2D eigenvalue weighted by atomic mass is 9.95. The topological polar surface area (TPSA) is 131 Å². The molecule has 0 spiro atoms. The first-order chi connectivity index (χ1) is 20.2. The highest BCUT2D eigenvalue weighted by Crippen LogP contribution is 2.36. The zero-order valence-corrected chi connectivity index (χ0v) is 24.9. The van der Waals surface area contributed by atoms with Gasteiger partial charge in [0, 0.05) is 13.2 Å². The first-order valence-electron chi connectivity index (χ1n) is 13.4. The number of aromatic nitrogens is 1. The maximum absolute atomic E-state index is 13.9. The van der Waals surface area contributed by atoms with E-state index in [0.29, 0.717) is 40.1 Å². The third-order valence-corrected chi connectivity index (χ3v) is 7.62. The highest BCUT2D eigenvalue weighted by atomic mass is 32.1. The largest absolute Gasteiger partial charge is 0.493 e. The molecule has 1 aliphatic rings. The number of allylic oxidation sites excluding steroid dienone is 1. The van der Waals surface area contributed by atoms with E-state index in [4.69, 9.17) is 18.9 Å². The lowest BCUT2D eigenvalue weighted by molar-refractivity contribution is -0.385. The van der Waals surface area contributed by atoms with Gasteiger partial charge in [0.25, 0.3) is 11.2 Å². The fraction of sp³-hybridized carbons (Fsp3) is 0.367. The Bertz CT molecular complexity index is 1690. The molecule has 0 radical (unpaired) electrons. The number of nitro benzene ring substituents is 1. The number of fused-ring (bicyclic) bond motifs is 1. The SMILES string of the molecule is COCCOC(=O)C1=C(C)N=c2sc(=Cc3ccccc3[N+](=O)[O-])c(=O)n2C1c1ccc(OCCC(C)C)c(OC)c1. The van der Waals surface area contributed by atoms with Gasteiger partial charge in [0.2, 0.25) is 0 Å². The lowest BCUT2D eigenvalue weighted by Gasteiger charge is -2.25. The third kappa shape index (κ3) is 6.60. The van der Waals surface area contributed by atoms with Gasteiger partial charge >= 0.3 is 5.97 Å². The van der Waals surface area contributed by atoms with Crippen molar-refractivity contribution in [2.45, 2.75) is 33.2 Å². The van der Waals surface area contributed by atoms with Gasteiger partial charge in [-0.1, -0.05) is 43.4 Å². The summed E-state index contributed by atoms with van der Waals surface area (Å²) in [6, 6.07) is 10.5. The van der Waals surface area contributed by atoms with Crippen LogP contribution in [0.2, 0.25) is 0 Å². The summed E-state index contributed by atoms with van der Waals surface area (Å²) in [5.74, 6) is 0.812. The van der Waals surface area contributed by atoms with Gasteiger partial charge in [0.15, 0.2) is 16.3 Å². The van der Waals surface area contributed by atoms with E-state index in [0.717, 1.165) is 17.8 Å². The van der Waals surface area contributed by atoms with Crippen molar-refractivity contribution in [3.63, 3.8) is 0 Å². The van der Waals surface area contributed by atoms with Gasteiger partial charge in [0.05, 0.1) is 52.7 Å². The van der Waals surface area contributed by atoms with Crippen molar-refractivity contribution in [2.75, 3.05) is 34.0 Å². The summed E-state index contributed by atoms with van der Waals surface area (Å²) in [6.07, 6.45) is 2.34. The van der Waals surface area contributed by atoms with E-state index in [1.807, 2.05) is 0 Å². The summed E-state index contributed by atoms with van der Waals surface area (Å²) in [7, 11) is 3.02. The average molecular weight is 596 g/mol. The van der Waals surface area contributed by atoms with Crippen LogP contribution in [0, 0.1) is 16.0 Å². The Morgan fingerprint density at radius 3 is 2.60 bits per heavy atom. The van der Waals surface area contributed by atoms with E-state index in [2.05, 4.69) is 18.8 Å². The Morgan fingerprint density at radius 2 is 1.90 bits per heavy atom. The number of esters is 1. The van der Waals surface area contributed by atoms with Gasteiger partial charge in [-0.05, 0) is 49.1 Å². The van der Waals surface area contributed by atoms with E-state index >= 15 is 0 Å². The number of nitrogens with zero attached hydrogens (tertiary/aromatic N) is 3. The number of ether oxygens (including phenoxy) is 4. The number of para-hydroxylation sites is 1. The van der Waals surface area contributed by atoms with E-state index in [9.17, 15) is 19.7 Å². The predicted molar refractivity (Wildman–Crippen MR) is 158 cm³/mol. The zero-order valence-electron chi connectivity index (χ0n) is 24.1. The van der Waals surface area contributed by atoms with Crippen LogP contribution in [0.25, 0.3) is 6.08 Å². The number of hydrogen-bond donors (Lipinski definition) is 0. The molecule has 11 nitrogen and oxygen atoms in total. The molecule has 0 aliphatic carbocycles. The molecule has 0 fully saturated rings. The molecule has 42 heavy (non-hydrogen) atoms. The number of rotatable bonds is 12. The molecule has 1 atom stereocenters. The maximum Gasteiger partial charge on any atom is 0.338 e. The summed E-state index contributed by atoms with van der Waals surface area (Å²) < 4.78 is 23.7. The molecular weight excluding hydrogens is 562 g/mol. The maximum atomic E-state index is 13.9. The van der Waals surface area contributed by atoms with Crippen molar-refractivity contribution in [3.8, 4) is 11.5 Å². The van der Waals surface area contributed by atoms with E-state index in [-0.39, 0.29) is 34.6 Å². The highest BCUT2D eigenvalue weighted by Gasteiger charge is 2.34. The number of methoxy groups -OCH3 is 2. The van der Waals surface area contributed by atoms with Crippen LogP contribution in [0.3, 0.4) is 0 Å². The summed E-state index contributed by atoms with van der Waals surface area (Å²) in [5, 5.41) is 11.6. The van der Waals surface area contributed by atoms with Crippen LogP contribution in [0.1, 0.15) is 44.4 Å². The zero-order chi connectivity index (χ0) is 30.4. The molecule has 2 heterocycles. The molecule has 0 saturated heterocycles. The van der Waals surface area contributed by atoms with Crippen LogP contribution in [0.4, 0.5) is 5.69 Å². The second-order valence-corrected chi connectivity index (χ2v) is 11.0. The Labute approximate surface area is 246 Å². The van der Waals surface area contributed by atoms with Gasteiger partial charge < -0.3 is 18.9 Å². The smallest absolute Gasteiger partial charge is 0.338 e. The van der Waals surface area contributed by atoms with E-state index in [1.165, 1.54) is 30.9 Å². The Kier molecular flexibility index (Phi) is 9.92. The highest BCUT2D eigenvalue weighted by molar-refractivity contribution is 7.07. The molecule has 12 heteroatoms. The normalized spacial score (nSPS) is 14.9. The van der Waals surface area contributed by atoms with Crippen LogP contribution >= 0.6 is 11.3 Å². The van der Waals surface area contributed by atoms with Gasteiger partial charge in [-0.15, -0.1) is 0 Å². The molecule has 0 N–H and O–H groups in total. The van der Waals surface area contributed by atoms with Crippen molar-refractivity contribution >= 4 is 29.1 Å². The summed E-state index contributed by atoms with van der Waals surface area (Å²) in [6.45, 7) is 6.63. The standard InChI is InChI=1S/C30H33N3O8S/c1-18(2)12-13-40-23-11-10-21(16-24(23)39-5)27-26(29(35)41-15-14-38-4)19(3)31-30-32(27)28(34)25(42-30)17-20-8-6-7-9-22(20)33(36)37/h6-11,16-18,27H,12-15H2,1-5H3. The third-order valence-electron chi connectivity index (χ3n) is 6.64. The van der Waals surface area contributed by atoms with Crippen molar-refractivity contribution in [2.24, 2.45) is 10.9 Å². The minimum atomic E-state index is -0.900. The van der Waals surface area contributed by atoms with Gasteiger partial charge in [-0.2, -0.15) is 0 Å². The number of benzene rings is 2. The molecule has 222 valence electrons. The second kappa shape index (κ2) is 13.6. The minimum Gasteiger partial charge on any atom is -0.493 e. The number of thiazole rings is 1. The minimum absolute atomic E-state index is 0.0207. The first kappa shape index (κ1) is 30.7. The molecule has 3 aromatic rings. The monoisotopic (exact) mass is 595 g/mol. The van der Waals surface area contributed by atoms with Crippen molar-refractivity contribution in [1.29, 1.82) is 0 Å². The Hall–Kier alpha value is -4.29. The van der Waals surface area contributed by atoms with Gasteiger partial charge in [-0.3, -0.25) is 19.5 Å². The van der Waals surface area contributed by atoms with Crippen LogP contribution in [-0.2, 0) is 14.3 Å². The van der Waals surface area contributed by atoms with E-state index < -0.39 is 22.5 Å². The first-order valence-corrected chi connectivity index (χ1v) is 14.2. The van der Waals surface area contributed by atoms with Crippen molar-refractivity contribution < 1.29 is 28.7 Å². The van der Waals surface area contributed by atoms with Crippen LogP contribution in [-0.4, -0.2) is 49.5 Å². The van der Waals surface area contributed by atoms with Crippen LogP contribution < -0.4 is 24.4 Å². The van der Waals surface area contributed by atoms with Crippen LogP contribution in [0.15, 0.2) is 63.5 Å². The van der Waals surface area contributed by atoms with Crippen molar-refractivity contribution in [1.82, 2.24) is 4.57 Å². The quantitative estimate of drug-likeness (QED) is 0.134. The Balaban J connectivity index is 1.88. The molecule has 0 amide bonds. The Morgan fingerprint density at radius 1 is 1.14 bits per heavy atom. The van der Waals surface area contributed by atoms with Gasteiger partial charge in [-0.25, -0.2) is 9.79 Å². The van der Waals surface area contributed by atoms with E-state index in [1.54, 1.807) is 43.3 Å². The molecule has 2 aromatic carbocycles. The predicted octanol–water partition coefficient (Wildman–Crippen LogP) is 3.77. The molecule has 4 rings (SSSR count). The summed E-state index contributed by atoms with van der Waals surface area (Å²) in [5.41, 5.74) is 0.852. The fourth-order valence-electron chi connectivity index (χ4n) is 4.49. The summed E-state index contributed by atoms with van der Waals surface area (Å²) >= 11 is 1.08. The average Bonchev–Trinajstić information content (AvgIpc) is 3.26.